The Morgan fingerprint density at radius 2 is 1.91 bits per heavy atom. The predicted octanol–water partition coefficient (Wildman–Crippen LogP) is 4.16. The molecule has 0 aliphatic rings. The molecule has 0 aliphatic carbocycles. The minimum Gasteiger partial charge on any atom is -0.463 e. The van der Waals surface area contributed by atoms with Gasteiger partial charge in [-0.05, 0) is 29.5 Å². The Balaban J connectivity index is 2.17. The normalized spacial score (nSPS) is 11.6. The van der Waals surface area contributed by atoms with Crippen LogP contribution in [0, 0.1) is 0 Å². The molecule has 2 aromatic carbocycles. The molecule has 3 aromatic rings. The van der Waals surface area contributed by atoms with E-state index in [1.165, 1.54) is 0 Å². The molecule has 3 heteroatoms. The van der Waals surface area contributed by atoms with Crippen molar-refractivity contribution in [2.45, 2.75) is 6.92 Å². The van der Waals surface area contributed by atoms with Crippen molar-refractivity contribution in [1.29, 1.82) is 0 Å². The molecule has 0 radical (unpaired) electrons. The molecule has 0 amide bonds. The fourth-order valence-corrected chi connectivity index (χ4v) is 2.55. The summed E-state index contributed by atoms with van der Waals surface area (Å²) in [4.78, 5) is 15.2. The van der Waals surface area contributed by atoms with Crippen LogP contribution >= 0.6 is 0 Å². The van der Waals surface area contributed by atoms with Crippen LogP contribution in [0.1, 0.15) is 18.1 Å². The SMILES string of the molecule is CCOC(=O)C=C(c1ccccc1)c1cccc2cc[nH]c12. The van der Waals surface area contributed by atoms with Gasteiger partial charge in [0, 0.05) is 17.8 Å². The van der Waals surface area contributed by atoms with Crippen molar-refractivity contribution in [1.82, 2.24) is 4.98 Å². The number of para-hydroxylation sites is 1. The molecule has 0 bridgehead atoms. The van der Waals surface area contributed by atoms with Crippen molar-refractivity contribution in [3.05, 3.63) is 78.0 Å². The maximum atomic E-state index is 12.0. The third-order valence-corrected chi connectivity index (χ3v) is 3.51. The van der Waals surface area contributed by atoms with Gasteiger partial charge in [-0.15, -0.1) is 0 Å². The molecular formula is C19H17NO2. The number of benzene rings is 2. The number of hydrogen-bond acceptors (Lipinski definition) is 2. The van der Waals surface area contributed by atoms with E-state index in [0.29, 0.717) is 6.61 Å². The number of rotatable bonds is 4. The van der Waals surface area contributed by atoms with E-state index in [2.05, 4.69) is 4.98 Å². The fraction of sp³-hybridized carbons (Fsp3) is 0.105. The van der Waals surface area contributed by atoms with Crippen molar-refractivity contribution in [2.24, 2.45) is 0 Å². The molecule has 0 atom stereocenters. The number of carbonyl (C=O) groups is 1. The van der Waals surface area contributed by atoms with Crippen LogP contribution in [0.3, 0.4) is 0 Å². The zero-order valence-corrected chi connectivity index (χ0v) is 12.4. The number of ether oxygens (including phenoxy) is 1. The second kappa shape index (κ2) is 6.31. The molecule has 1 heterocycles. The first-order valence-electron chi connectivity index (χ1n) is 7.30. The largest absolute Gasteiger partial charge is 0.463 e. The van der Waals surface area contributed by atoms with Gasteiger partial charge in [0.05, 0.1) is 12.1 Å². The summed E-state index contributed by atoms with van der Waals surface area (Å²) < 4.78 is 5.08. The summed E-state index contributed by atoms with van der Waals surface area (Å²) in [6, 6.07) is 17.9. The van der Waals surface area contributed by atoms with Crippen LogP contribution in [0.4, 0.5) is 0 Å². The lowest BCUT2D eigenvalue weighted by molar-refractivity contribution is -0.137. The summed E-state index contributed by atoms with van der Waals surface area (Å²) in [5, 5.41) is 1.11. The van der Waals surface area contributed by atoms with E-state index in [4.69, 9.17) is 4.74 Å². The Bertz CT molecular complexity index is 816. The first kappa shape index (κ1) is 14.1. The van der Waals surface area contributed by atoms with Crippen LogP contribution in [-0.4, -0.2) is 17.6 Å². The highest BCUT2D eigenvalue weighted by molar-refractivity contribution is 6.02. The van der Waals surface area contributed by atoms with E-state index >= 15 is 0 Å². The van der Waals surface area contributed by atoms with Gasteiger partial charge in [-0.2, -0.15) is 0 Å². The highest BCUT2D eigenvalue weighted by Crippen LogP contribution is 2.29. The topological polar surface area (TPSA) is 42.1 Å². The third-order valence-electron chi connectivity index (χ3n) is 3.51. The molecular weight excluding hydrogens is 274 g/mol. The van der Waals surface area contributed by atoms with Gasteiger partial charge in [-0.1, -0.05) is 48.5 Å². The van der Waals surface area contributed by atoms with Gasteiger partial charge in [-0.25, -0.2) is 4.79 Å². The van der Waals surface area contributed by atoms with Gasteiger partial charge < -0.3 is 9.72 Å². The zero-order valence-electron chi connectivity index (χ0n) is 12.4. The van der Waals surface area contributed by atoms with Crippen LogP contribution in [0.25, 0.3) is 16.5 Å². The molecule has 1 aromatic heterocycles. The van der Waals surface area contributed by atoms with Gasteiger partial charge in [-0.3, -0.25) is 0 Å². The molecule has 0 fully saturated rings. The molecule has 0 saturated carbocycles. The molecule has 0 spiro atoms. The minimum absolute atomic E-state index is 0.329. The van der Waals surface area contributed by atoms with Crippen LogP contribution in [-0.2, 0) is 9.53 Å². The van der Waals surface area contributed by atoms with Crippen molar-refractivity contribution in [3.63, 3.8) is 0 Å². The lowest BCUT2D eigenvalue weighted by atomic mass is 9.96. The number of hydrogen-bond donors (Lipinski definition) is 1. The summed E-state index contributed by atoms with van der Waals surface area (Å²) in [5.41, 5.74) is 3.84. The van der Waals surface area contributed by atoms with E-state index in [-0.39, 0.29) is 5.97 Å². The Morgan fingerprint density at radius 3 is 2.68 bits per heavy atom. The highest BCUT2D eigenvalue weighted by atomic mass is 16.5. The first-order valence-corrected chi connectivity index (χ1v) is 7.30. The first-order chi connectivity index (χ1) is 10.8. The summed E-state index contributed by atoms with van der Waals surface area (Å²) in [6.07, 6.45) is 3.47. The van der Waals surface area contributed by atoms with Gasteiger partial charge >= 0.3 is 5.97 Å². The summed E-state index contributed by atoms with van der Waals surface area (Å²) >= 11 is 0. The quantitative estimate of drug-likeness (QED) is 0.579. The van der Waals surface area contributed by atoms with Crippen molar-refractivity contribution < 1.29 is 9.53 Å². The summed E-state index contributed by atoms with van der Waals surface area (Å²) in [7, 11) is 0. The van der Waals surface area contributed by atoms with Gasteiger partial charge in [0.15, 0.2) is 0 Å². The number of fused-ring (bicyclic) bond motifs is 1. The molecule has 0 saturated heterocycles. The van der Waals surface area contributed by atoms with Crippen molar-refractivity contribution in [2.75, 3.05) is 6.61 Å². The second-order valence-electron chi connectivity index (χ2n) is 4.92. The van der Waals surface area contributed by atoms with E-state index in [1.54, 1.807) is 13.0 Å². The van der Waals surface area contributed by atoms with Crippen LogP contribution in [0.5, 0.6) is 0 Å². The van der Waals surface area contributed by atoms with Crippen LogP contribution in [0.15, 0.2) is 66.9 Å². The summed E-state index contributed by atoms with van der Waals surface area (Å²) in [5.74, 6) is -0.329. The van der Waals surface area contributed by atoms with Crippen molar-refractivity contribution >= 4 is 22.4 Å². The van der Waals surface area contributed by atoms with Gasteiger partial charge in [0.1, 0.15) is 0 Å². The standard InChI is InChI=1S/C19H17NO2/c1-2-22-18(21)13-17(14-7-4-3-5-8-14)16-10-6-9-15-11-12-20-19(15)16/h3-13,20H,2H2,1H3. The molecule has 1 N–H and O–H groups in total. The van der Waals surface area contributed by atoms with E-state index in [1.807, 2.05) is 60.8 Å². The van der Waals surface area contributed by atoms with Gasteiger partial charge in [0.25, 0.3) is 0 Å². The Kier molecular flexibility index (Phi) is 4.05. The number of carbonyl (C=O) groups excluding carboxylic acids is 1. The number of aromatic amines is 1. The fourth-order valence-electron chi connectivity index (χ4n) is 2.55. The van der Waals surface area contributed by atoms with E-state index in [9.17, 15) is 4.79 Å². The molecule has 0 unspecified atom stereocenters. The van der Waals surface area contributed by atoms with Gasteiger partial charge in [0.2, 0.25) is 0 Å². The molecule has 3 nitrogen and oxygen atoms in total. The predicted molar refractivity (Wildman–Crippen MR) is 88.5 cm³/mol. The molecule has 0 aliphatic heterocycles. The average Bonchev–Trinajstić information content (AvgIpc) is 3.02. The second-order valence-corrected chi connectivity index (χ2v) is 4.92. The monoisotopic (exact) mass is 291 g/mol. The van der Waals surface area contributed by atoms with E-state index < -0.39 is 0 Å². The number of nitrogens with one attached hydrogen (secondary N) is 1. The Morgan fingerprint density at radius 1 is 1.09 bits per heavy atom. The van der Waals surface area contributed by atoms with Crippen LogP contribution < -0.4 is 0 Å². The van der Waals surface area contributed by atoms with E-state index in [0.717, 1.165) is 27.6 Å². The third kappa shape index (κ3) is 2.79. The van der Waals surface area contributed by atoms with Crippen molar-refractivity contribution in [3.8, 4) is 0 Å². The lowest BCUT2D eigenvalue weighted by Crippen LogP contribution is -2.02. The highest BCUT2D eigenvalue weighted by Gasteiger charge is 2.12. The smallest absolute Gasteiger partial charge is 0.331 e. The number of aromatic nitrogens is 1. The lowest BCUT2D eigenvalue weighted by Gasteiger charge is -2.10. The molecule has 3 rings (SSSR count). The molecule has 110 valence electrons. The average molecular weight is 291 g/mol. The maximum absolute atomic E-state index is 12.0. The maximum Gasteiger partial charge on any atom is 0.331 e. The zero-order chi connectivity index (χ0) is 15.4. The number of H-pyrrole nitrogens is 1. The number of esters is 1. The Labute approximate surface area is 129 Å². The minimum atomic E-state index is -0.329. The molecule has 22 heavy (non-hydrogen) atoms. The summed E-state index contributed by atoms with van der Waals surface area (Å²) in [6.45, 7) is 2.17. The Hall–Kier alpha value is -2.81. The van der Waals surface area contributed by atoms with Crippen LogP contribution in [0.2, 0.25) is 0 Å².